The topological polar surface area (TPSA) is 61.3 Å². The van der Waals surface area contributed by atoms with Crippen LogP contribution in [0.15, 0.2) is 12.1 Å². The SMILES string of the molecule is CC(C)(C)c1cc(Cl)c(OCC2CC2)c(C(N)CN)c1. The summed E-state index contributed by atoms with van der Waals surface area (Å²) in [5.74, 6) is 1.39. The molecule has 112 valence electrons. The number of ether oxygens (including phenoxy) is 1. The van der Waals surface area contributed by atoms with Gasteiger partial charge in [-0.05, 0) is 41.9 Å². The van der Waals surface area contributed by atoms with Gasteiger partial charge in [0.2, 0.25) is 0 Å². The maximum Gasteiger partial charge on any atom is 0.142 e. The van der Waals surface area contributed by atoms with Crippen LogP contribution in [-0.4, -0.2) is 13.2 Å². The zero-order valence-electron chi connectivity index (χ0n) is 12.6. The van der Waals surface area contributed by atoms with Gasteiger partial charge in [-0.2, -0.15) is 0 Å². The van der Waals surface area contributed by atoms with Gasteiger partial charge in [-0.3, -0.25) is 0 Å². The first-order chi connectivity index (χ1) is 9.32. The summed E-state index contributed by atoms with van der Waals surface area (Å²) in [5.41, 5.74) is 14.0. The molecule has 3 nitrogen and oxygen atoms in total. The van der Waals surface area contributed by atoms with E-state index in [9.17, 15) is 0 Å². The average Bonchev–Trinajstić information content (AvgIpc) is 3.18. The summed E-state index contributed by atoms with van der Waals surface area (Å²) in [6, 6.07) is 3.83. The van der Waals surface area contributed by atoms with E-state index < -0.39 is 0 Å². The number of nitrogens with two attached hydrogens (primary N) is 2. The summed E-state index contributed by atoms with van der Waals surface area (Å²) in [4.78, 5) is 0. The Labute approximate surface area is 126 Å². The molecule has 1 unspecified atom stereocenters. The Morgan fingerprint density at radius 3 is 2.50 bits per heavy atom. The Kier molecular flexibility index (Phi) is 4.62. The second-order valence-electron chi connectivity index (χ2n) is 6.72. The monoisotopic (exact) mass is 296 g/mol. The van der Waals surface area contributed by atoms with Crippen molar-refractivity contribution in [3.05, 3.63) is 28.3 Å². The van der Waals surface area contributed by atoms with Crippen LogP contribution in [0.2, 0.25) is 5.02 Å². The van der Waals surface area contributed by atoms with E-state index in [0.29, 0.717) is 23.2 Å². The van der Waals surface area contributed by atoms with Crippen molar-refractivity contribution in [2.24, 2.45) is 17.4 Å². The van der Waals surface area contributed by atoms with Crippen LogP contribution in [0.1, 0.15) is 50.8 Å². The Morgan fingerprint density at radius 1 is 1.35 bits per heavy atom. The van der Waals surface area contributed by atoms with Crippen molar-refractivity contribution >= 4 is 11.6 Å². The number of hydrogen-bond acceptors (Lipinski definition) is 3. The zero-order valence-corrected chi connectivity index (χ0v) is 13.3. The molecule has 1 atom stereocenters. The van der Waals surface area contributed by atoms with E-state index in [4.69, 9.17) is 27.8 Å². The van der Waals surface area contributed by atoms with Crippen molar-refractivity contribution in [3.63, 3.8) is 0 Å². The molecule has 0 heterocycles. The van der Waals surface area contributed by atoms with Gasteiger partial charge in [-0.25, -0.2) is 0 Å². The standard InChI is InChI=1S/C16H25ClN2O/c1-16(2,3)11-6-12(14(19)8-18)15(13(17)7-11)20-9-10-4-5-10/h6-7,10,14H,4-5,8-9,18-19H2,1-3H3. The lowest BCUT2D eigenvalue weighted by molar-refractivity contribution is 0.295. The summed E-state index contributed by atoms with van der Waals surface area (Å²) in [7, 11) is 0. The molecule has 4 N–H and O–H groups in total. The van der Waals surface area contributed by atoms with Crippen LogP contribution in [0, 0.1) is 5.92 Å². The highest BCUT2D eigenvalue weighted by Gasteiger charge is 2.25. The zero-order chi connectivity index (χ0) is 14.9. The quantitative estimate of drug-likeness (QED) is 0.875. The summed E-state index contributed by atoms with van der Waals surface area (Å²) >= 11 is 6.42. The van der Waals surface area contributed by atoms with Crippen molar-refractivity contribution in [2.45, 2.75) is 45.1 Å². The van der Waals surface area contributed by atoms with Gasteiger partial charge in [0.05, 0.1) is 11.6 Å². The van der Waals surface area contributed by atoms with Gasteiger partial charge in [0.1, 0.15) is 5.75 Å². The minimum absolute atomic E-state index is 0.0156. The van der Waals surface area contributed by atoms with E-state index in [-0.39, 0.29) is 11.5 Å². The van der Waals surface area contributed by atoms with E-state index in [1.807, 2.05) is 6.07 Å². The normalized spacial score (nSPS) is 17.1. The van der Waals surface area contributed by atoms with Gasteiger partial charge >= 0.3 is 0 Å². The Hall–Kier alpha value is -0.770. The summed E-state index contributed by atoms with van der Waals surface area (Å²) < 4.78 is 5.91. The van der Waals surface area contributed by atoms with Gasteiger partial charge in [0.25, 0.3) is 0 Å². The number of rotatable bonds is 5. The maximum atomic E-state index is 6.42. The summed E-state index contributed by atoms with van der Waals surface area (Å²) in [6.45, 7) is 7.56. The molecule has 0 saturated heterocycles. The molecule has 0 bridgehead atoms. The minimum atomic E-state index is -0.246. The lowest BCUT2D eigenvalue weighted by atomic mass is 9.85. The minimum Gasteiger partial charge on any atom is -0.491 e. The van der Waals surface area contributed by atoms with Crippen LogP contribution < -0.4 is 16.2 Å². The van der Waals surface area contributed by atoms with Crippen LogP contribution >= 0.6 is 11.6 Å². The molecule has 1 fully saturated rings. The first-order valence-corrected chi connectivity index (χ1v) is 7.63. The molecule has 0 aromatic heterocycles. The molecule has 4 heteroatoms. The second-order valence-corrected chi connectivity index (χ2v) is 7.13. The van der Waals surface area contributed by atoms with Crippen LogP contribution in [0.5, 0.6) is 5.75 Å². The van der Waals surface area contributed by atoms with Gasteiger partial charge in [0.15, 0.2) is 0 Å². The molecule has 1 aromatic carbocycles. The third-order valence-corrected chi connectivity index (χ3v) is 4.03. The molecule has 0 radical (unpaired) electrons. The molecular weight excluding hydrogens is 272 g/mol. The number of benzene rings is 1. The van der Waals surface area contributed by atoms with E-state index in [2.05, 4.69) is 26.8 Å². The third kappa shape index (κ3) is 3.66. The molecule has 0 spiro atoms. The van der Waals surface area contributed by atoms with E-state index in [1.54, 1.807) is 0 Å². The van der Waals surface area contributed by atoms with Gasteiger partial charge in [-0.15, -0.1) is 0 Å². The Morgan fingerprint density at radius 2 is 2.00 bits per heavy atom. The molecule has 0 aliphatic heterocycles. The van der Waals surface area contributed by atoms with Crippen LogP contribution in [0.4, 0.5) is 0 Å². The molecular formula is C16H25ClN2O. The fourth-order valence-corrected chi connectivity index (χ4v) is 2.37. The molecule has 2 rings (SSSR count). The van der Waals surface area contributed by atoms with Crippen molar-refractivity contribution in [2.75, 3.05) is 13.2 Å². The molecule has 1 saturated carbocycles. The van der Waals surface area contributed by atoms with Crippen molar-refractivity contribution in [3.8, 4) is 5.75 Å². The number of hydrogen-bond donors (Lipinski definition) is 2. The highest BCUT2D eigenvalue weighted by Crippen LogP contribution is 2.38. The highest BCUT2D eigenvalue weighted by molar-refractivity contribution is 6.32. The van der Waals surface area contributed by atoms with Gasteiger partial charge in [-0.1, -0.05) is 32.4 Å². The first-order valence-electron chi connectivity index (χ1n) is 7.25. The average molecular weight is 297 g/mol. The number of halogens is 1. The predicted octanol–water partition coefficient (Wildman–Crippen LogP) is 3.38. The van der Waals surface area contributed by atoms with Crippen LogP contribution in [0.3, 0.4) is 0 Å². The lowest BCUT2D eigenvalue weighted by Gasteiger charge is -2.24. The summed E-state index contributed by atoms with van der Waals surface area (Å²) in [5, 5.41) is 0.636. The Bertz CT molecular complexity index is 478. The third-order valence-electron chi connectivity index (χ3n) is 3.75. The maximum absolute atomic E-state index is 6.42. The van der Waals surface area contributed by atoms with Crippen molar-refractivity contribution in [1.82, 2.24) is 0 Å². The van der Waals surface area contributed by atoms with Crippen LogP contribution in [0.25, 0.3) is 0 Å². The molecule has 1 aromatic rings. The molecule has 0 amide bonds. The molecule has 20 heavy (non-hydrogen) atoms. The molecule has 1 aliphatic rings. The van der Waals surface area contributed by atoms with Crippen LogP contribution in [-0.2, 0) is 5.41 Å². The van der Waals surface area contributed by atoms with Crippen molar-refractivity contribution < 1.29 is 4.74 Å². The summed E-state index contributed by atoms with van der Waals surface area (Å²) in [6.07, 6.45) is 2.49. The highest BCUT2D eigenvalue weighted by atomic mass is 35.5. The smallest absolute Gasteiger partial charge is 0.142 e. The first kappa shape index (κ1) is 15.6. The van der Waals surface area contributed by atoms with Gasteiger partial charge in [0, 0.05) is 18.2 Å². The fraction of sp³-hybridized carbons (Fsp3) is 0.625. The predicted molar refractivity (Wildman–Crippen MR) is 84.4 cm³/mol. The fourth-order valence-electron chi connectivity index (χ4n) is 2.09. The lowest BCUT2D eigenvalue weighted by Crippen LogP contribution is -2.23. The van der Waals surface area contributed by atoms with E-state index >= 15 is 0 Å². The van der Waals surface area contributed by atoms with Gasteiger partial charge < -0.3 is 16.2 Å². The van der Waals surface area contributed by atoms with Crippen molar-refractivity contribution in [1.29, 1.82) is 0 Å². The molecule has 1 aliphatic carbocycles. The van der Waals surface area contributed by atoms with E-state index in [1.165, 1.54) is 12.8 Å². The second kappa shape index (κ2) is 5.92. The van der Waals surface area contributed by atoms with E-state index in [0.717, 1.165) is 17.7 Å². The Balaban J connectivity index is 2.36. The largest absolute Gasteiger partial charge is 0.491 e.